The fourth-order valence-electron chi connectivity index (χ4n) is 2.54. The number of hydrogen-bond acceptors (Lipinski definition) is 6. The van der Waals surface area contributed by atoms with Crippen molar-refractivity contribution < 1.29 is 14.3 Å². The maximum absolute atomic E-state index is 12.4. The average Bonchev–Trinajstić information content (AvgIpc) is 2.71. The number of methoxy groups -OCH3 is 2. The van der Waals surface area contributed by atoms with Gasteiger partial charge in [0.2, 0.25) is 0 Å². The Hall–Kier alpha value is -2.25. The molecule has 146 valence electrons. The fraction of sp³-hybridized carbons (Fsp3) is 0.400. The minimum Gasteiger partial charge on any atom is -0.493 e. The van der Waals surface area contributed by atoms with Crippen molar-refractivity contribution in [3.63, 3.8) is 0 Å². The van der Waals surface area contributed by atoms with Gasteiger partial charge in [-0.25, -0.2) is 4.98 Å². The van der Waals surface area contributed by atoms with Crippen molar-refractivity contribution >= 4 is 23.4 Å². The number of carbonyl (C=O) groups excluding carboxylic acids is 1. The van der Waals surface area contributed by atoms with Crippen LogP contribution in [0, 0.1) is 0 Å². The number of anilines is 1. The fourth-order valence-corrected chi connectivity index (χ4v) is 3.39. The number of hydrogen-bond donors (Lipinski definition) is 1. The number of amides is 1. The van der Waals surface area contributed by atoms with Crippen LogP contribution in [0.1, 0.15) is 24.2 Å². The Kier molecular flexibility index (Phi) is 8.42. The van der Waals surface area contributed by atoms with Crippen LogP contribution in [0.25, 0.3) is 0 Å². The first-order valence-corrected chi connectivity index (χ1v) is 9.94. The molecule has 0 saturated heterocycles. The van der Waals surface area contributed by atoms with Gasteiger partial charge in [-0.3, -0.25) is 4.79 Å². The standard InChI is InChI=1S/C20H27N3O3S/c1-5-23(6-2)11-12-27-19-10-7-15(14-21-19)20(24)22-16-8-9-17(25-3)18(13-16)26-4/h7-10,13-14H,5-6,11-12H2,1-4H3,(H,22,24). The quantitative estimate of drug-likeness (QED) is 0.624. The van der Waals surface area contributed by atoms with Gasteiger partial charge in [-0.2, -0.15) is 0 Å². The molecule has 1 amide bonds. The predicted octanol–water partition coefficient (Wildman–Crippen LogP) is 3.79. The highest BCUT2D eigenvalue weighted by atomic mass is 32.2. The Morgan fingerprint density at radius 2 is 1.85 bits per heavy atom. The number of ether oxygens (including phenoxy) is 2. The van der Waals surface area contributed by atoms with Gasteiger partial charge in [0.25, 0.3) is 5.91 Å². The van der Waals surface area contributed by atoms with Crippen LogP contribution < -0.4 is 14.8 Å². The van der Waals surface area contributed by atoms with E-state index in [9.17, 15) is 4.79 Å². The molecule has 7 heteroatoms. The molecule has 0 spiro atoms. The van der Waals surface area contributed by atoms with Crippen LogP contribution in [-0.4, -0.2) is 55.4 Å². The largest absolute Gasteiger partial charge is 0.493 e. The van der Waals surface area contributed by atoms with Crippen LogP contribution in [0.15, 0.2) is 41.6 Å². The molecule has 2 aromatic rings. The highest BCUT2D eigenvalue weighted by Gasteiger charge is 2.10. The predicted molar refractivity (Wildman–Crippen MR) is 110 cm³/mol. The number of thioether (sulfide) groups is 1. The molecule has 0 aliphatic carbocycles. The van der Waals surface area contributed by atoms with Crippen molar-refractivity contribution in [3.8, 4) is 11.5 Å². The second-order valence-electron chi connectivity index (χ2n) is 5.78. The highest BCUT2D eigenvalue weighted by molar-refractivity contribution is 7.99. The molecule has 1 aromatic carbocycles. The zero-order chi connectivity index (χ0) is 19.6. The van der Waals surface area contributed by atoms with Crippen molar-refractivity contribution in [2.24, 2.45) is 0 Å². The molecule has 0 fully saturated rings. The minimum atomic E-state index is -0.214. The van der Waals surface area contributed by atoms with E-state index in [2.05, 4.69) is 29.0 Å². The van der Waals surface area contributed by atoms with E-state index in [4.69, 9.17) is 9.47 Å². The number of benzene rings is 1. The Labute approximate surface area is 165 Å². The zero-order valence-electron chi connectivity index (χ0n) is 16.3. The monoisotopic (exact) mass is 389 g/mol. The van der Waals surface area contributed by atoms with Crippen LogP contribution in [0.4, 0.5) is 5.69 Å². The minimum absolute atomic E-state index is 0.214. The third-order valence-electron chi connectivity index (χ3n) is 4.19. The first-order valence-electron chi connectivity index (χ1n) is 8.95. The third kappa shape index (κ3) is 6.15. The van der Waals surface area contributed by atoms with Gasteiger partial charge >= 0.3 is 0 Å². The molecule has 0 aliphatic rings. The van der Waals surface area contributed by atoms with Gasteiger partial charge in [-0.15, -0.1) is 11.8 Å². The van der Waals surface area contributed by atoms with E-state index in [0.717, 1.165) is 30.4 Å². The Morgan fingerprint density at radius 3 is 2.44 bits per heavy atom. The number of nitrogens with zero attached hydrogens (tertiary/aromatic N) is 2. The molecule has 1 N–H and O–H groups in total. The SMILES string of the molecule is CCN(CC)CCSc1ccc(C(=O)Nc2ccc(OC)c(OC)c2)cn1. The second-order valence-corrected chi connectivity index (χ2v) is 6.90. The molecular formula is C20H27N3O3S. The molecule has 0 radical (unpaired) electrons. The molecule has 0 aliphatic heterocycles. The lowest BCUT2D eigenvalue weighted by molar-refractivity contribution is 0.102. The van der Waals surface area contributed by atoms with Gasteiger partial charge < -0.3 is 19.7 Å². The summed E-state index contributed by atoms with van der Waals surface area (Å²) < 4.78 is 10.5. The Balaban J connectivity index is 1.93. The summed E-state index contributed by atoms with van der Waals surface area (Å²) in [6.45, 7) is 7.47. The summed E-state index contributed by atoms with van der Waals surface area (Å²) in [7, 11) is 3.13. The van der Waals surface area contributed by atoms with Crippen LogP contribution in [0.2, 0.25) is 0 Å². The summed E-state index contributed by atoms with van der Waals surface area (Å²) in [6.07, 6.45) is 1.61. The van der Waals surface area contributed by atoms with E-state index >= 15 is 0 Å². The summed E-state index contributed by atoms with van der Waals surface area (Å²) in [5, 5.41) is 3.77. The molecule has 2 rings (SSSR count). The zero-order valence-corrected chi connectivity index (χ0v) is 17.1. The van der Waals surface area contributed by atoms with Crippen LogP contribution in [-0.2, 0) is 0 Å². The summed E-state index contributed by atoms with van der Waals surface area (Å²) in [5.74, 6) is 1.94. The first kappa shape index (κ1) is 21.1. The normalized spacial score (nSPS) is 10.7. The van der Waals surface area contributed by atoms with Gasteiger partial charge in [0, 0.05) is 30.2 Å². The van der Waals surface area contributed by atoms with Crippen LogP contribution in [0.5, 0.6) is 11.5 Å². The van der Waals surface area contributed by atoms with E-state index in [1.54, 1.807) is 56.4 Å². The van der Waals surface area contributed by atoms with E-state index < -0.39 is 0 Å². The number of carbonyl (C=O) groups is 1. The summed E-state index contributed by atoms with van der Waals surface area (Å²) in [5.41, 5.74) is 1.15. The van der Waals surface area contributed by atoms with Crippen LogP contribution in [0.3, 0.4) is 0 Å². The molecular weight excluding hydrogens is 362 g/mol. The van der Waals surface area contributed by atoms with E-state index in [1.807, 2.05) is 6.07 Å². The third-order valence-corrected chi connectivity index (χ3v) is 5.12. The second kappa shape index (κ2) is 10.8. The molecule has 1 heterocycles. The number of nitrogens with one attached hydrogen (secondary N) is 1. The summed E-state index contributed by atoms with van der Waals surface area (Å²) >= 11 is 1.70. The molecule has 6 nitrogen and oxygen atoms in total. The maximum atomic E-state index is 12.4. The van der Waals surface area contributed by atoms with Crippen molar-refractivity contribution in [2.75, 3.05) is 44.9 Å². The van der Waals surface area contributed by atoms with E-state index in [-0.39, 0.29) is 5.91 Å². The number of pyridine rings is 1. The lowest BCUT2D eigenvalue weighted by Gasteiger charge is -2.17. The summed E-state index contributed by atoms with van der Waals surface area (Å²) in [4.78, 5) is 19.2. The lowest BCUT2D eigenvalue weighted by atomic mass is 10.2. The van der Waals surface area contributed by atoms with E-state index in [1.165, 1.54) is 0 Å². The smallest absolute Gasteiger partial charge is 0.257 e. The highest BCUT2D eigenvalue weighted by Crippen LogP contribution is 2.29. The van der Waals surface area contributed by atoms with Crippen molar-refractivity contribution in [1.29, 1.82) is 0 Å². The van der Waals surface area contributed by atoms with Gasteiger partial charge in [-0.1, -0.05) is 13.8 Å². The van der Waals surface area contributed by atoms with Crippen molar-refractivity contribution in [3.05, 3.63) is 42.1 Å². The molecule has 0 bridgehead atoms. The topological polar surface area (TPSA) is 63.7 Å². The van der Waals surface area contributed by atoms with Gasteiger partial charge in [0.05, 0.1) is 24.8 Å². The van der Waals surface area contributed by atoms with Crippen molar-refractivity contribution in [2.45, 2.75) is 18.9 Å². The molecule has 0 saturated carbocycles. The lowest BCUT2D eigenvalue weighted by Crippen LogP contribution is -2.25. The molecule has 27 heavy (non-hydrogen) atoms. The Bertz CT molecular complexity index is 734. The maximum Gasteiger partial charge on any atom is 0.257 e. The van der Waals surface area contributed by atoms with Crippen molar-refractivity contribution in [1.82, 2.24) is 9.88 Å². The molecule has 0 atom stereocenters. The number of aromatic nitrogens is 1. The first-order chi connectivity index (χ1) is 13.1. The number of rotatable bonds is 10. The average molecular weight is 390 g/mol. The summed E-state index contributed by atoms with van der Waals surface area (Å²) in [6, 6.07) is 8.92. The van der Waals surface area contributed by atoms with Gasteiger partial charge in [0.1, 0.15) is 0 Å². The Morgan fingerprint density at radius 1 is 1.11 bits per heavy atom. The molecule has 0 unspecified atom stereocenters. The van der Waals surface area contributed by atoms with Crippen LogP contribution >= 0.6 is 11.8 Å². The molecule has 1 aromatic heterocycles. The van der Waals surface area contributed by atoms with E-state index in [0.29, 0.717) is 22.7 Å². The van der Waals surface area contributed by atoms with Gasteiger partial charge in [-0.05, 0) is 37.4 Å². The van der Waals surface area contributed by atoms with Gasteiger partial charge in [0.15, 0.2) is 11.5 Å².